The number of hydrogen-bond acceptors (Lipinski definition) is 5. The summed E-state index contributed by atoms with van der Waals surface area (Å²) in [7, 11) is 4.50. The van der Waals surface area contributed by atoms with Gasteiger partial charge in [0.25, 0.3) is 0 Å². The Hall–Kier alpha value is -3.22. The second-order valence-corrected chi connectivity index (χ2v) is 7.32. The quantitative estimate of drug-likeness (QED) is 0.751. The number of nitrogens with zero attached hydrogens (tertiary/aromatic N) is 1. The third-order valence-corrected chi connectivity index (χ3v) is 5.70. The Labute approximate surface area is 176 Å². The summed E-state index contributed by atoms with van der Waals surface area (Å²) in [5, 5.41) is 3.00. The molecule has 0 fully saturated rings. The molecular formula is C23H28N2O5. The van der Waals surface area contributed by atoms with E-state index in [1.54, 1.807) is 19.1 Å². The second kappa shape index (κ2) is 9.07. The summed E-state index contributed by atoms with van der Waals surface area (Å²) in [6.07, 6.45) is 0.701. The molecule has 1 aliphatic heterocycles. The molecule has 0 spiro atoms. The molecule has 0 unspecified atom stereocenters. The van der Waals surface area contributed by atoms with Crippen LogP contribution in [0.1, 0.15) is 34.7 Å². The summed E-state index contributed by atoms with van der Waals surface area (Å²) in [6.45, 7) is 4.45. The average Bonchev–Trinajstić information content (AvgIpc) is 2.75. The highest BCUT2D eigenvalue weighted by molar-refractivity contribution is 5.91. The van der Waals surface area contributed by atoms with Crippen molar-refractivity contribution in [1.29, 1.82) is 0 Å². The maximum absolute atomic E-state index is 13.2. The molecule has 1 atom stereocenters. The Kier molecular flexibility index (Phi) is 6.50. The molecule has 2 aromatic carbocycles. The number of carbonyl (C=O) groups is 2. The first kappa shape index (κ1) is 21.5. The van der Waals surface area contributed by atoms with E-state index in [1.165, 1.54) is 7.11 Å². The molecule has 0 aromatic heterocycles. The molecule has 0 aliphatic carbocycles. The summed E-state index contributed by atoms with van der Waals surface area (Å²) >= 11 is 0. The van der Waals surface area contributed by atoms with Gasteiger partial charge >= 0.3 is 12.0 Å². The number of fused-ring (bicyclic) bond motifs is 1. The summed E-state index contributed by atoms with van der Waals surface area (Å²) in [6, 6.07) is 8.83. The van der Waals surface area contributed by atoms with Gasteiger partial charge in [0.15, 0.2) is 11.5 Å². The molecule has 0 radical (unpaired) electrons. The van der Waals surface area contributed by atoms with Crippen molar-refractivity contribution in [1.82, 2.24) is 4.90 Å². The number of carbonyl (C=O) groups excluding carboxylic acids is 2. The Balaban J connectivity index is 1.97. The van der Waals surface area contributed by atoms with E-state index < -0.39 is 6.04 Å². The first-order valence-electron chi connectivity index (χ1n) is 9.85. The van der Waals surface area contributed by atoms with Crippen molar-refractivity contribution >= 4 is 17.7 Å². The Morgan fingerprint density at radius 1 is 1.10 bits per heavy atom. The minimum absolute atomic E-state index is 0.0548. The molecule has 0 saturated heterocycles. The van der Waals surface area contributed by atoms with Gasteiger partial charge in [0, 0.05) is 12.2 Å². The maximum Gasteiger partial charge on any atom is 0.322 e. The van der Waals surface area contributed by atoms with Crippen LogP contribution in [0, 0.1) is 13.8 Å². The van der Waals surface area contributed by atoms with Crippen molar-refractivity contribution in [3.05, 3.63) is 52.6 Å². The molecule has 7 nitrogen and oxygen atoms in total. The lowest BCUT2D eigenvalue weighted by atomic mass is 9.90. The monoisotopic (exact) mass is 412 g/mol. The van der Waals surface area contributed by atoms with Gasteiger partial charge in [0.1, 0.15) is 0 Å². The van der Waals surface area contributed by atoms with Crippen molar-refractivity contribution in [2.45, 2.75) is 32.7 Å². The highest BCUT2D eigenvalue weighted by Gasteiger charge is 2.34. The molecule has 1 aliphatic rings. The van der Waals surface area contributed by atoms with Crippen LogP contribution in [-0.2, 0) is 16.0 Å². The molecule has 1 N–H and O–H groups in total. The molecule has 0 saturated carbocycles. The van der Waals surface area contributed by atoms with E-state index in [4.69, 9.17) is 14.2 Å². The third-order valence-electron chi connectivity index (χ3n) is 5.70. The van der Waals surface area contributed by atoms with E-state index in [-0.39, 0.29) is 18.4 Å². The van der Waals surface area contributed by atoms with Crippen LogP contribution in [0.15, 0.2) is 30.3 Å². The number of ether oxygens (including phenoxy) is 3. The van der Waals surface area contributed by atoms with E-state index in [2.05, 4.69) is 5.32 Å². The minimum Gasteiger partial charge on any atom is -0.493 e. The van der Waals surface area contributed by atoms with Gasteiger partial charge in [-0.2, -0.15) is 0 Å². The van der Waals surface area contributed by atoms with Crippen molar-refractivity contribution in [3.8, 4) is 11.5 Å². The Morgan fingerprint density at radius 2 is 1.80 bits per heavy atom. The van der Waals surface area contributed by atoms with Crippen LogP contribution in [0.4, 0.5) is 10.5 Å². The number of anilines is 1. The highest BCUT2D eigenvalue weighted by atomic mass is 16.5. The van der Waals surface area contributed by atoms with Gasteiger partial charge in [-0.15, -0.1) is 0 Å². The molecule has 3 rings (SSSR count). The van der Waals surface area contributed by atoms with Gasteiger partial charge in [-0.25, -0.2) is 4.79 Å². The standard InChI is InChI=1S/C23H28N2O5/c1-14-7-6-8-18(15(14)2)24-23(27)25-10-9-16-11-20(28-3)21(29-4)12-17(16)19(25)13-22(26)30-5/h6-8,11-12,19H,9-10,13H2,1-5H3,(H,24,27)/t19-/m0/s1. The van der Waals surface area contributed by atoms with Crippen LogP contribution < -0.4 is 14.8 Å². The largest absolute Gasteiger partial charge is 0.493 e. The first-order valence-corrected chi connectivity index (χ1v) is 9.85. The molecule has 0 bridgehead atoms. The number of hydrogen-bond donors (Lipinski definition) is 1. The van der Waals surface area contributed by atoms with E-state index in [1.807, 2.05) is 44.2 Å². The molecule has 1 heterocycles. The van der Waals surface area contributed by atoms with Crippen LogP contribution in [-0.4, -0.2) is 44.8 Å². The first-order chi connectivity index (χ1) is 14.4. The Bertz CT molecular complexity index is 957. The zero-order chi connectivity index (χ0) is 21.8. The van der Waals surface area contributed by atoms with E-state index in [9.17, 15) is 9.59 Å². The summed E-state index contributed by atoms with van der Waals surface area (Å²) in [5.41, 5.74) is 4.76. The molecule has 30 heavy (non-hydrogen) atoms. The van der Waals surface area contributed by atoms with E-state index in [0.717, 1.165) is 27.9 Å². The van der Waals surface area contributed by atoms with Gasteiger partial charge < -0.3 is 24.4 Å². The SMILES string of the molecule is COC(=O)C[C@H]1c2cc(OC)c(OC)cc2CCN1C(=O)Nc1cccc(C)c1C. The van der Waals surface area contributed by atoms with Crippen LogP contribution >= 0.6 is 0 Å². The van der Waals surface area contributed by atoms with E-state index >= 15 is 0 Å². The number of rotatable bonds is 5. The number of esters is 1. The van der Waals surface area contributed by atoms with Gasteiger partial charge in [-0.1, -0.05) is 12.1 Å². The number of urea groups is 1. The zero-order valence-corrected chi connectivity index (χ0v) is 18.1. The molecule has 2 aromatic rings. The summed E-state index contributed by atoms with van der Waals surface area (Å²) < 4.78 is 15.7. The lowest BCUT2D eigenvalue weighted by Crippen LogP contribution is -2.43. The smallest absolute Gasteiger partial charge is 0.322 e. The van der Waals surface area contributed by atoms with Gasteiger partial charge in [-0.05, 0) is 60.7 Å². The van der Waals surface area contributed by atoms with Crippen molar-refractivity contribution in [3.63, 3.8) is 0 Å². The molecule has 7 heteroatoms. The maximum atomic E-state index is 13.2. The van der Waals surface area contributed by atoms with Gasteiger partial charge in [-0.3, -0.25) is 4.79 Å². The topological polar surface area (TPSA) is 77.1 Å². The predicted octanol–water partition coefficient (Wildman–Crippen LogP) is 4.02. The van der Waals surface area contributed by atoms with Gasteiger partial charge in [0.05, 0.1) is 33.8 Å². The number of methoxy groups -OCH3 is 3. The number of aryl methyl sites for hydroxylation is 1. The predicted molar refractivity (Wildman–Crippen MR) is 114 cm³/mol. The number of nitrogens with one attached hydrogen (secondary N) is 1. The lowest BCUT2D eigenvalue weighted by molar-refractivity contribution is -0.141. The van der Waals surface area contributed by atoms with Crippen molar-refractivity contribution < 1.29 is 23.8 Å². The van der Waals surface area contributed by atoms with E-state index in [0.29, 0.717) is 24.5 Å². The normalized spacial score (nSPS) is 15.2. The lowest BCUT2D eigenvalue weighted by Gasteiger charge is -2.37. The van der Waals surface area contributed by atoms with Crippen LogP contribution in [0.2, 0.25) is 0 Å². The number of benzene rings is 2. The fourth-order valence-corrected chi connectivity index (χ4v) is 3.81. The summed E-state index contributed by atoms with van der Waals surface area (Å²) in [4.78, 5) is 27.0. The number of amides is 2. The van der Waals surface area contributed by atoms with Crippen LogP contribution in [0.3, 0.4) is 0 Å². The summed E-state index contributed by atoms with van der Waals surface area (Å²) in [5.74, 6) is 0.802. The zero-order valence-electron chi connectivity index (χ0n) is 18.1. The van der Waals surface area contributed by atoms with Crippen LogP contribution in [0.5, 0.6) is 11.5 Å². The van der Waals surface area contributed by atoms with Gasteiger partial charge in [0.2, 0.25) is 0 Å². The fourth-order valence-electron chi connectivity index (χ4n) is 3.81. The minimum atomic E-state index is -0.467. The van der Waals surface area contributed by atoms with Crippen molar-refractivity contribution in [2.75, 3.05) is 33.2 Å². The fraction of sp³-hybridized carbons (Fsp3) is 0.391. The second-order valence-electron chi connectivity index (χ2n) is 7.32. The molecule has 160 valence electrons. The molecular weight excluding hydrogens is 384 g/mol. The molecule has 2 amide bonds. The van der Waals surface area contributed by atoms with Crippen molar-refractivity contribution in [2.24, 2.45) is 0 Å². The third kappa shape index (κ3) is 4.20. The highest BCUT2D eigenvalue weighted by Crippen LogP contribution is 2.40. The van der Waals surface area contributed by atoms with Crippen LogP contribution in [0.25, 0.3) is 0 Å². The Morgan fingerprint density at radius 3 is 2.47 bits per heavy atom. The average molecular weight is 412 g/mol.